The second-order valence-electron chi connectivity index (χ2n) is 6.10. The number of thiophene rings is 1. The van der Waals surface area contributed by atoms with Crippen LogP contribution in [0.25, 0.3) is 0 Å². The Balaban J connectivity index is 1.65. The zero-order chi connectivity index (χ0) is 19.2. The van der Waals surface area contributed by atoms with E-state index in [2.05, 4.69) is 5.32 Å². The predicted molar refractivity (Wildman–Crippen MR) is 108 cm³/mol. The molecule has 3 aromatic rings. The number of carbonyl (C=O) groups excluding carboxylic acids is 2. The number of benzene rings is 2. The molecule has 2 aromatic carbocycles. The van der Waals surface area contributed by atoms with Crippen molar-refractivity contribution in [2.45, 2.75) is 6.92 Å². The van der Waals surface area contributed by atoms with Gasteiger partial charge in [0, 0.05) is 7.05 Å². The van der Waals surface area contributed by atoms with Crippen LogP contribution in [0.3, 0.4) is 0 Å². The van der Waals surface area contributed by atoms with Gasteiger partial charge in [0.15, 0.2) is 5.75 Å². The largest absolute Gasteiger partial charge is 0.455 e. The topological polar surface area (TPSA) is 58.6 Å². The second kappa shape index (κ2) is 8.51. The molecule has 0 unspecified atom stereocenters. The van der Waals surface area contributed by atoms with E-state index >= 15 is 0 Å². The van der Waals surface area contributed by atoms with Gasteiger partial charge in [-0.1, -0.05) is 35.9 Å². The Morgan fingerprint density at radius 2 is 1.78 bits per heavy atom. The highest BCUT2D eigenvalue weighted by molar-refractivity contribution is 7.12. The number of para-hydroxylation sites is 2. The smallest absolute Gasteiger partial charge is 0.264 e. The highest BCUT2D eigenvalue weighted by Crippen LogP contribution is 2.29. The Bertz CT molecular complexity index is 921. The van der Waals surface area contributed by atoms with Crippen LogP contribution in [0.4, 0.5) is 5.69 Å². The Morgan fingerprint density at radius 1 is 1.04 bits per heavy atom. The van der Waals surface area contributed by atoms with Gasteiger partial charge in [0.1, 0.15) is 5.75 Å². The standard InChI is InChI=1S/C21H20N2O3S/c1-15-9-11-16(12-10-15)26-18-7-4-3-6-17(18)22-20(24)14-23(2)21(25)19-8-5-13-27-19/h3-13H,14H2,1-2H3,(H,22,24). The lowest BCUT2D eigenvalue weighted by atomic mass is 10.2. The van der Waals surface area contributed by atoms with Crippen LogP contribution < -0.4 is 10.1 Å². The number of aryl methyl sites for hydroxylation is 1. The summed E-state index contributed by atoms with van der Waals surface area (Å²) in [7, 11) is 1.61. The third-order valence-electron chi connectivity index (χ3n) is 3.87. The molecule has 0 aliphatic carbocycles. The molecule has 1 heterocycles. The zero-order valence-electron chi connectivity index (χ0n) is 15.1. The Labute approximate surface area is 162 Å². The van der Waals surface area contributed by atoms with Gasteiger partial charge < -0.3 is 15.0 Å². The maximum absolute atomic E-state index is 12.4. The van der Waals surface area contributed by atoms with E-state index in [9.17, 15) is 9.59 Å². The summed E-state index contributed by atoms with van der Waals surface area (Å²) in [6.07, 6.45) is 0. The predicted octanol–water partition coefficient (Wildman–Crippen LogP) is 4.56. The van der Waals surface area contributed by atoms with Gasteiger partial charge >= 0.3 is 0 Å². The Morgan fingerprint density at radius 3 is 2.48 bits per heavy atom. The molecular formula is C21H20N2O3S. The fourth-order valence-corrected chi connectivity index (χ4v) is 3.18. The number of nitrogens with zero attached hydrogens (tertiary/aromatic N) is 1. The summed E-state index contributed by atoms with van der Waals surface area (Å²) in [6, 6.07) is 18.4. The van der Waals surface area contributed by atoms with Crippen molar-refractivity contribution < 1.29 is 14.3 Å². The molecule has 6 heteroatoms. The van der Waals surface area contributed by atoms with Crippen LogP contribution in [-0.2, 0) is 4.79 Å². The normalized spacial score (nSPS) is 10.3. The molecular weight excluding hydrogens is 360 g/mol. The maximum atomic E-state index is 12.4. The number of carbonyl (C=O) groups is 2. The van der Waals surface area contributed by atoms with E-state index in [1.165, 1.54) is 16.2 Å². The first-order valence-corrected chi connectivity index (χ1v) is 9.33. The van der Waals surface area contributed by atoms with Gasteiger partial charge in [-0.3, -0.25) is 9.59 Å². The van der Waals surface area contributed by atoms with Crippen molar-refractivity contribution in [3.8, 4) is 11.5 Å². The van der Waals surface area contributed by atoms with Gasteiger partial charge in [0.2, 0.25) is 5.91 Å². The fourth-order valence-electron chi connectivity index (χ4n) is 2.46. The van der Waals surface area contributed by atoms with Gasteiger partial charge in [0.05, 0.1) is 17.1 Å². The summed E-state index contributed by atoms with van der Waals surface area (Å²) in [5.74, 6) is 0.765. The third-order valence-corrected chi connectivity index (χ3v) is 4.73. The summed E-state index contributed by atoms with van der Waals surface area (Å²) in [5.41, 5.74) is 1.70. The van der Waals surface area contributed by atoms with Gasteiger partial charge in [-0.25, -0.2) is 0 Å². The molecule has 0 atom stereocenters. The molecule has 0 saturated carbocycles. The molecule has 1 N–H and O–H groups in total. The summed E-state index contributed by atoms with van der Waals surface area (Å²) in [6.45, 7) is 1.96. The summed E-state index contributed by atoms with van der Waals surface area (Å²) in [5, 5.41) is 4.65. The minimum atomic E-state index is -0.289. The van der Waals surface area contributed by atoms with Crippen LogP contribution in [0.15, 0.2) is 66.0 Å². The van der Waals surface area contributed by atoms with Crippen LogP contribution in [-0.4, -0.2) is 30.3 Å². The lowest BCUT2D eigenvalue weighted by molar-refractivity contribution is -0.116. The van der Waals surface area contributed by atoms with Crippen LogP contribution in [0.1, 0.15) is 15.2 Å². The van der Waals surface area contributed by atoms with E-state index in [4.69, 9.17) is 4.74 Å². The van der Waals surface area contributed by atoms with Crippen molar-refractivity contribution in [3.63, 3.8) is 0 Å². The van der Waals surface area contributed by atoms with Crippen molar-refractivity contribution in [2.24, 2.45) is 0 Å². The molecule has 3 rings (SSSR count). The first-order chi connectivity index (χ1) is 13.0. The summed E-state index contributed by atoms with van der Waals surface area (Å²) in [4.78, 5) is 26.6. The molecule has 2 amide bonds. The number of hydrogen-bond acceptors (Lipinski definition) is 4. The number of rotatable bonds is 6. The highest BCUT2D eigenvalue weighted by Gasteiger charge is 2.16. The molecule has 0 aliphatic heterocycles. The van der Waals surface area contributed by atoms with E-state index in [1.807, 2.05) is 54.8 Å². The summed E-state index contributed by atoms with van der Waals surface area (Å²) >= 11 is 1.35. The van der Waals surface area contributed by atoms with E-state index in [-0.39, 0.29) is 18.4 Å². The number of hydrogen-bond donors (Lipinski definition) is 1. The maximum Gasteiger partial charge on any atom is 0.264 e. The molecule has 1 aromatic heterocycles. The number of nitrogens with one attached hydrogen (secondary N) is 1. The van der Waals surface area contributed by atoms with Crippen molar-refractivity contribution in [3.05, 3.63) is 76.5 Å². The minimum absolute atomic E-state index is 0.0460. The lowest BCUT2D eigenvalue weighted by Gasteiger charge is -2.17. The first-order valence-electron chi connectivity index (χ1n) is 8.45. The van der Waals surface area contributed by atoms with Crippen LogP contribution in [0.5, 0.6) is 11.5 Å². The van der Waals surface area contributed by atoms with Gasteiger partial charge in [-0.05, 0) is 42.6 Å². The molecule has 138 valence electrons. The molecule has 0 saturated heterocycles. The van der Waals surface area contributed by atoms with E-state index in [0.717, 1.165) is 5.56 Å². The van der Waals surface area contributed by atoms with Crippen molar-refractivity contribution in [2.75, 3.05) is 18.9 Å². The van der Waals surface area contributed by atoms with Crippen molar-refractivity contribution >= 4 is 28.8 Å². The Hall–Kier alpha value is -3.12. The third kappa shape index (κ3) is 4.95. The monoisotopic (exact) mass is 380 g/mol. The number of anilines is 1. The summed E-state index contributed by atoms with van der Waals surface area (Å²) < 4.78 is 5.88. The van der Waals surface area contributed by atoms with Crippen LogP contribution >= 0.6 is 11.3 Å². The van der Waals surface area contributed by atoms with E-state index in [0.29, 0.717) is 22.1 Å². The van der Waals surface area contributed by atoms with Gasteiger partial charge in [-0.2, -0.15) is 0 Å². The molecule has 0 radical (unpaired) electrons. The van der Waals surface area contributed by atoms with Crippen molar-refractivity contribution in [1.82, 2.24) is 4.90 Å². The van der Waals surface area contributed by atoms with Crippen LogP contribution in [0.2, 0.25) is 0 Å². The quantitative estimate of drug-likeness (QED) is 0.682. The minimum Gasteiger partial charge on any atom is -0.455 e. The molecule has 0 spiro atoms. The zero-order valence-corrected chi connectivity index (χ0v) is 16.0. The van der Waals surface area contributed by atoms with Gasteiger partial charge in [-0.15, -0.1) is 11.3 Å². The lowest BCUT2D eigenvalue weighted by Crippen LogP contribution is -2.34. The molecule has 27 heavy (non-hydrogen) atoms. The molecule has 0 fully saturated rings. The first kappa shape index (κ1) is 18.7. The molecule has 5 nitrogen and oxygen atoms in total. The molecule has 0 aliphatic rings. The SMILES string of the molecule is Cc1ccc(Oc2ccccc2NC(=O)CN(C)C(=O)c2cccs2)cc1. The van der Waals surface area contributed by atoms with Crippen LogP contribution in [0, 0.1) is 6.92 Å². The number of likely N-dealkylation sites (N-methyl/N-ethyl adjacent to an activating group) is 1. The van der Waals surface area contributed by atoms with Crippen molar-refractivity contribution in [1.29, 1.82) is 0 Å². The van der Waals surface area contributed by atoms with E-state index < -0.39 is 0 Å². The fraction of sp³-hybridized carbons (Fsp3) is 0.143. The number of amides is 2. The second-order valence-corrected chi connectivity index (χ2v) is 7.05. The van der Waals surface area contributed by atoms with E-state index in [1.54, 1.807) is 25.2 Å². The Kier molecular flexibility index (Phi) is 5.88. The van der Waals surface area contributed by atoms with Gasteiger partial charge in [0.25, 0.3) is 5.91 Å². The number of ether oxygens (including phenoxy) is 1. The average molecular weight is 380 g/mol. The highest BCUT2D eigenvalue weighted by atomic mass is 32.1. The molecule has 0 bridgehead atoms. The average Bonchev–Trinajstić information content (AvgIpc) is 3.19.